The first kappa shape index (κ1) is 14.6. The average molecular weight is 248 g/mol. The van der Waals surface area contributed by atoms with Crippen LogP contribution in [0, 0.1) is 5.92 Å². The average Bonchev–Trinajstić information content (AvgIpc) is 2.36. The van der Waals surface area contributed by atoms with E-state index in [1.807, 2.05) is 21.0 Å². The molecule has 1 unspecified atom stereocenters. The van der Waals surface area contributed by atoms with Gasteiger partial charge in [0.25, 0.3) is 0 Å². The smallest absolute Gasteiger partial charge is 0.223 e. The van der Waals surface area contributed by atoms with Crippen molar-refractivity contribution in [2.75, 3.05) is 19.0 Å². The van der Waals surface area contributed by atoms with Gasteiger partial charge >= 0.3 is 0 Å². The van der Waals surface area contributed by atoms with Gasteiger partial charge in [0.05, 0.1) is 0 Å². The lowest BCUT2D eigenvalue weighted by molar-refractivity contribution is -0.124. The Morgan fingerprint density at radius 1 is 1.28 bits per heavy atom. The van der Waals surface area contributed by atoms with Crippen LogP contribution in [0.15, 0.2) is 24.3 Å². The van der Waals surface area contributed by atoms with Gasteiger partial charge in [-0.2, -0.15) is 0 Å². The third kappa shape index (κ3) is 4.40. The third-order valence-electron chi connectivity index (χ3n) is 3.09. The first-order valence-corrected chi connectivity index (χ1v) is 6.58. The molecule has 0 aliphatic rings. The topological polar surface area (TPSA) is 32.3 Å². The summed E-state index contributed by atoms with van der Waals surface area (Å²) in [5.74, 6) is 0.254. The van der Waals surface area contributed by atoms with Crippen molar-refractivity contribution in [2.45, 2.75) is 33.2 Å². The van der Waals surface area contributed by atoms with E-state index in [2.05, 4.69) is 41.4 Å². The SMILES string of the molecule is CCCC(C)C(=O)NCc1ccc(N(C)C)cc1. The van der Waals surface area contributed by atoms with Crippen molar-refractivity contribution in [1.82, 2.24) is 5.32 Å². The number of nitrogens with zero attached hydrogens (tertiary/aromatic N) is 1. The van der Waals surface area contributed by atoms with Gasteiger partial charge in [0.2, 0.25) is 5.91 Å². The molecule has 0 spiro atoms. The summed E-state index contributed by atoms with van der Waals surface area (Å²) in [5, 5.41) is 2.98. The number of benzene rings is 1. The molecular weight excluding hydrogens is 224 g/mol. The maximum Gasteiger partial charge on any atom is 0.223 e. The molecule has 1 aromatic rings. The molecule has 0 bridgehead atoms. The number of rotatable bonds is 6. The minimum atomic E-state index is 0.107. The van der Waals surface area contributed by atoms with E-state index >= 15 is 0 Å². The van der Waals surface area contributed by atoms with Crippen LogP contribution >= 0.6 is 0 Å². The molecule has 0 saturated carbocycles. The van der Waals surface area contributed by atoms with E-state index in [1.165, 1.54) is 5.69 Å². The predicted octanol–water partition coefficient (Wildman–Crippen LogP) is 2.81. The van der Waals surface area contributed by atoms with Crippen LogP contribution in [-0.4, -0.2) is 20.0 Å². The quantitative estimate of drug-likeness (QED) is 0.839. The Bertz CT molecular complexity index is 371. The monoisotopic (exact) mass is 248 g/mol. The van der Waals surface area contributed by atoms with Crippen molar-refractivity contribution >= 4 is 11.6 Å². The van der Waals surface area contributed by atoms with Crippen LogP contribution in [0.4, 0.5) is 5.69 Å². The molecule has 1 rings (SSSR count). The van der Waals surface area contributed by atoms with E-state index in [0.717, 1.165) is 18.4 Å². The standard InChI is InChI=1S/C15H24N2O/c1-5-6-12(2)15(18)16-11-13-7-9-14(10-8-13)17(3)4/h7-10,12H,5-6,11H2,1-4H3,(H,16,18). The first-order chi connectivity index (χ1) is 8.54. The van der Waals surface area contributed by atoms with Crippen molar-refractivity contribution in [3.8, 4) is 0 Å². The van der Waals surface area contributed by atoms with Gasteiger partial charge in [-0.05, 0) is 24.1 Å². The van der Waals surface area contributed by atoms with Gasteiger partial charge in [0.15, 0.2) is 0 Å². The molecule has 0 radical (unpaired) electrons. The van der Waals surface area contributed by atoms with Crippen LogP contribution in [-0.2, 0) is 11.3 Å². The van der Waals surface area contributed by atoms with Crippen LogP contribution in [0.3, 0.4) is 0 Å². The van der Waals surface area contributed by atoms with Gasteiger partial charge in [-0.1, -0.05) is 32.4 Å². The summed E-state index contributed by atoms with van der Waals surface area (Å²) in [6.45, 7) is 4.69. The molecule has 1 atom stereocenters. The number of carbonyl (C=O) groups excluding carboxylic acids is 1. The molecule has 1 N–H and O–H groups in total. The molecule has 0 fully saturated rings. The van der Waals surface area contributed by atoms with E-state index in [1.54, 1.807) is 0 Å². The van der Waals surface area contributed by atoms with Crippen molar-refractivity contribution < 1.29 is 4.79 Å². The lowest BCUT2D eigenvalue weighted by atomic mass is 10.1. The maximum absolute atomic E-state index is 11.8. The second-order valence-electron chi connectivity index (χ2n) is 4.97. The van der Waals surface area contributed by atoms with Crippen molar-refractivity contribution in [3.63, 3.8) is 0 Å². The number of carbonyl (C=O) groups is 1. The first-order valence-electron chi connectivity index (χ1n) is 6.58. The fourth-order valence-corrected chi connectivity index (χ4v) is 1.84. The van der Waals surface area contributed by atoms with Gasteiger partial charge < -0.3 is 10.2 Å². The summed E-state index contributed by atoms with van der Waals surface area (Å²) in [5.41, 5.74) is 2.31. The molecule has 3 heteroatoms. The number of nitrogens with one attached hydrogen (secondary N) is 1. The summed E-state index contributed by atoms with van der Waals surface area (Å²) >= 11 is 0. The minimum absolute atomic E-state index is 0.107. The predicted molar refractivity (Wildman–Crippen MR) is 76.7 cm³/mol. The summed E-state index contributed by atoms with van der Waals surface area (Å²) in [4.78, 5) is 13.8. The molecule has 0 saturated heterocycles. The summed E-state index contributed by atoms with van der Waals surface area (Å²) < 4.78 is 0. The molecule has 100 valence electrons. The van der Waals surface area contributed by atoms with Crippen LogP contribution in [0.5, 0.6) is 0 Å². The van der Waals surface area contributed by atoms with Crippen molar-refractivity contribution in [1.29, 1.82) is 0 Å². The highest BCUT2D eigenvalue weighted by Gasteiger charge is 2.10. The zero-order valence-corrected chi connectivity index (χ0v) is 11.9. The van der Waals surface area contributed by atoms with Gasteiger partial charge in [-0.15, -0.1) is 0 Å². The fraction of sp³-hybridized carbons (Fsp3) is 0.533. The maximum atomic E-state index is 11.8. The van der Waals surface area contributed by atoms with Crippen LogP contribution < -0.4 is 10.2 Å². The summed E-state index contributed by atoms with van der Waals surface area (Å²) in [6.07, 6.45) is 2.00. The highest BCUT2D eigenvalue weighted by molar-refractivity contribution is 5.78. The molecule has 1 amide bonds. The normalized spacial score (nSPS) is 12.0. The Morgan fingerprint density at radius 2 is 1.89 bits per heavy atom. The van der Waals surface area contributed by atoms with E-state index in [-0.39, 0.29) is 11.8 Å². The van der Waals surface area contributed by atoms with Gasteiger partial charge in [0.1, 0.15) is 0 Å². The van der Waals surface area contributed by atoms with Gasteiger partial charge in [0, 0.05) is 32.2 Å². The number of anilines is 1. The molecular formula is C15H24N2O. The fourth-order valence-electron chi connectivity index (χ4n) is 1.84. The van der Waals surface area contributed by atoms with E-state index in [4.69, 9.17) is 0 Å². The molecule has 0 aliphatic carbocycles. The van der Waals surface area contributed by atoms with E-state index in [0.29, 0.717) is 6.54 Å². The van der Waals surface area contributed by atoms with Crippen molar-refractivity contribution in [2.24, 2.45) is 5.92 Å². The second kappa shape index (κ2) is 7.04. The summed E-state index contributed by atoms with van der Waals surface area (Å²) in [6, 6.07) is 8.24. The van der Waals surface area contributed by atoms with E-state index in [9.17, 15) is 4.79 Å². The van der Waals surface area contributed by atoms with Crippen LogP contribution in [0.2, 0.25) is 0 Å². The number of hydrogen-bond acceptors (Lipinski definition) is 2. The number of hydrogen-bond donors (Lipinski definition) is 1. The summed E-state index contributed by atoms with van der Waals surface area (Å²) in [7, 11) is 4.03. The van der Waals surface area contributed by atoms with Crippen LogP contribution in [0.25, 0.3) is 0 Å². The third-order valence-corrected chi connectivity index (χ3v) is 3.09. The Hall–Kier alpha value is -1.51. The lowest BCUT2D eigenvalue weighted by Gasteiger charge is -2.14. The van der Waals surface area contributed by atoms with E-state index < -0.39 is 0 Å². The van der Waals surface area contributed by atoms with Gasteiger partial charge in [-0.3, -0.25) is 4.79 Å². The molecule has 0 aliphatic heterocycles. The van der Waals surface area contributed by atoms with Crippen molar-refractivity contribution in [3.05, 3.63) is 29.8 Å². The molecule has 1 aromatic carbocycles. The Morgan fingerprint density at radius 3 is 2.39 bits per heavy atom. The zero-order valence-electron chi connectivity index (χ0n) is 11.9. The molecule has 0 heterocycles. The highest BCUT2D eigenvalue weighted by Crippen LogP contribution is 2.12. The van der Waals surface area contributed by atoms with Crippen LogP contribution in [0.1, 0.15) is 32.3 Å². The van der Waals surface area contributed by atoms with Gasteiger partial charge in [-0.25, -0.2) is 0 Å². The zero-order chi connectivity index (χ0) is 13.5. The Labute approximate surface area is 110 Å². The molecule has 3 nitrogen and oxygen atoms in total. The Kier molecular flexibility index (Phi) is 5.69. The minimum Gasteiger partial charge on any atom is -0.378 e. The second-order valence-corrected chi connectivity index (χ2v) is 4.97. The molecule has 0 aromatic heterocycles. The lowest BCUT2D eigenvalue weighted by Crippen LogP contribution is -2.28. The Balaban J connectivity index is 2.46. The largest absolute Gasteiger partial charge is 0.378 e. The highest BCUT2D eigenvalue weighted by atomic mass is 16.1. The number of amides is 1. The molecule has 18 heavy (non-hydrogen) atoms.